The van der Waals surface area contributed by atoms with Gasteiger partial charge in [0.2, 0.25) is 0 Å². The van der Waals surface area contributed by atoms with Crippen LogP contribution in [0.15, 0.2) is 34.7 Å². The summed E-state index contributed by atoms with van der Waals surface area (Å²) in [6.07, 6.45) is 0.713. The average molecular weight is 257 g/mol. The zero-order valence-corrected chi connectivity index (χ0v) is 11.6. The third-order valence-electron chi connectivity index (χ3n) is 3.22. The lowest BCUT2D eigenvalue weighted by Gasteiger charge is -2.06. The van der Waals surface area contributed by atoms with Crippen LogP contribution in [0.25, 0.3) is 0 Å². The number of amides is 1. The van der Waals surface area contributed by atoms with E-state index in [0.717, 1.165) is 17.1 Å². The number of rotatable bonds is 4. The van der Waals surface area contributed by atoms with E-state index in [2.05, 4.69) is 5.32 Å². The maximum Gasteiger partial charge on any atom is 0.251 e. The summed E-state index contributed by atoms with van der Waals surface area (Å²) in [5, 5.41) is 2.90. The fourth-order valence-corrected chi connectivity index (χ4v) is 1.90. The Labute approximate surface area is 113 Å². The first-order valence-corrected chi connectivity index (χ1v) is 6.47. The molecule has 1 heterocycles. The number of furan rings is 1. The molecule has 3 nitrogen and oxygen atoms in total. The highest BCUT2D eigenvalue weighted by Crippen LogP contribution is 2.10. The lowest BCUT2D eigenvalue weighted by molar-refractivity contribution is 0.0953. The molecule has 0 aliphatic carbocycles. The van der Waals surface area contributed by atoms with E-state index in [1.165, 1.54) is 5.56 Å². The normalized spacial score (nSPS) is 10.5. The van der Waals surface area contributed by atoms with Gasteiger partial charge in [-0.15, -0.1) is 0 Å². The predicted octanol–water partition coefficient (Wildman–Crippen LogP) is 3.18. The molecular weight excluding hydrogens is 238 g/mol. The summed E-state index contributed by atoms with van der Waals surface area (Å²) in [5.74, 6) is 1.76. The van der Waals surface area contributed by atoms with Crippen molar-refractivity contribution in [2.75, 3.05) is 6.54 Å². The van der Waals surface area contributed by atoms with Gasteiger partial charge in [-0.3, -0.25) is 4.79 Å². The molecule has 0 aliphatic heterocycles. The zero-order valence-electron chi connectivity index (χ0n) is 11.6. The molecule has 3 heteroatoms. The molecule has 1 aromatic carbocycles. The van der Waals surface area contributed by atoms with Crippen molar-refractivity contribution in [2.24, 2.45) is 0 Å². The van der Waals surface area contributed by atoms with Gasteiger partial charge in [-0.2, -0.15) is 0 Å². The van der Waals surface area contributed by atoms with Crippen molar-refractivity contribution in [2.45, 2.75) is 27.2 Å². The minimum Gasteiger partial charge on any atom is -0.466 e. The average Bonchev–Trinajstić information content (AvgIpc) is 2.78. The largest absolute Gasteiger partial charge is 0.466 e. The molecule has 100 valence electrons. The van der Waals surface area contributed by atoms with Crippen LogP contribution in [0.5, 0.6) is 0 Å². The second-order valence-corrected chi connectivity index (χ2v) is 4.82. The molecule has 2 aromatic rings. The lowest BCUT2D eigenvalue weighted by atomic mass is 10.1. The summed E-state index contributed by atoms with van der Waals surface area (Å²) in [6, 6.07) is 9.62. The van der Waals surface area contributed by atoms with Crippen LogP contribution in [0.1, 0.15) is 33.0 Å². The van der Waals surface area contributed by atoms with Gasteiger partial charge < -0.3 is 9.73 Å². The number of nitrogens with one attached hydrogen (secondary N) is 1. The SMILES string of the molecule is Cc1ccc(CCNC(=O)c2ccc(C)c(C)c2)o1. The Kier molecular flexibility index (Phi) is 4.05. The predicted molar refractivity (Wildman–Crippen MR) is 75.4 cm³/mol. The minimum absolute atomic E-state index is 0.0358. The molecule has 1 N–H and O–H groups in total. The molecule has 0 fully saturated rings. The van der Waals surface area contributed by atoms with Crippen LogP contribution < -0.4 is 5.32 Å². The molecule has 0 aliphatic rings. The summed E-state index contributed by atoms with van der Waals surface area (Å²) in [7, 11) is 0. The standard InChI is InChI=1S/C16H19NO2/c1-11-4-6-14(10-12(11)2)16(18)17-9-8-15-7-5-13(3)19-15/h4-7,10H,8-9H2,1-3H3,(H,17,18). The third kappa shape index (κ3) is 3.47. The van der Waals surface area contributed by atoms with E-state index in [-0.39, 0.29) is 5.91 Å². The Hall–Kier alpha value is -2.03. The van der Waals surface area contributed by atoms with Crippen molar-refractivity contribution >= 4 is 5.91 Å². The van der Waals surface area contributed by atoms with E-state index in [1.54, 1.807) is 0 Å². The maximum absolute atomic E-state index is 12.0. The topological polar surface area (TPSA) is 42.2 Å². The van der Waals surface area contributed by atoms with Gasteiger partial charge in [-0.25, -0.2) is 0 Å². The Morgan fingerprint density at radius 2 is 1.89 bits per heavy atom. The molecule has 0 radical (unpaired) electrons. The molecule has 2 rings (SSSR count). The summed E-state index contributed by atoms with van der Waals surface area (Å²) in [4.78, 5) is 12.0. The molecule has 0 atom stereocenters. The van der Waals surface area contributed by atoms with Crippen molar-refractivity contribution in [3.05, 3.63) is 58.5 Å². The Morgan fingerprint density at radius 3 is 2.53 bits per heavy atom. The highest BCUT2D eigenvalue weighted by Gasteiger charge is 2.06. The number of aryl methyl sites for hydroxylation is 3. The second kappa shape index (κ2) is 5.74. The van der Waals surface area contributed by atoms with Crippen LogP contribution in [-0.4, -0.2) is 12.5 Å². The molecule has 0 spiro atoms. The number of hydrogen-bond donors (Lipinski definition) is 1. The highest BCUT2D eigenvalue weighted by molar-refractivity contribution is 5.94. The molecule has 1 amide bonds. The van der Waals surface area contributed by atoms with Crippen LogP contribution in [0.3, 0.4) is 0 Å². The van der Waals surface area contributed by atoms with Crippen molar-refractivity contribution in [3.63, 3.8) is 0 Å². The van der Waals surface area contributed by atoms with Gasteiger partial charge in [-0.05, 0) is 56.2 Å². The van der Waals surface area contributed by atoms with Crippen LogP contribution in [0.4, 0.5) is 0 Å². The molecular formula is C16H19NO2. The van der Waals surface area contributed by atoms with Crippen LogP contribution in [-0.2, 0) is 6.42 Å². The lowest BCUT2D eigenvalue weighted by Crippen LogP contribution is -2.25. The van der Waals surface area contributed by atoms with Crippen molar-refractivity contribution in [1.82, 2.24) is 5.32 Å². The molecule has 19 heavy (non-hydrogen) atoms. The van der Waals surface area contributed by atoms with E-state index < -0.39 is 0 Å². The van der Waals surface area contributed by atoms with Gasteiger partial charge in [-0.1, -0.05) is 6.07 Å². The van der Waals surface area contributed by atoms with Gasteiger partial charge >= 0.3 is 0 Å². The zero-order chi connectivity index (χ0) is 13.8. The quantitative estimate of drug-likeness (QED) is 0.914. The maximum atomic E-state index is 12.0. The van der Waals surface area contributed by atoms with E-state index in [0.29, 0.717) is 18.5 Å². The van der Waals surface area contributed by atoms with Crippen molar-refractivity contribution in [3.8, 4) is 0 Å². The fraction of sp³-hybridized carbons (Fsp3) is 0.312. The Bertz CT molecular complexity index is 584. The van der Waals surface area contributed by atoms with Gasteiger partial charge in [0.1, 0.15) is 11.5 Å². The van der Waals surface area contributed by atoms with Crippen LogP contribution >= 0.6 is 0 Å². The Morgan fingerprint density at radius 1 is 1.11 bits per heavy atom. The molecule has 0 unspecified atom stereocenters. The Balaban J connectivity index is 1.89. The first kappa shape index (κ1) is 13.4. The number of benzene rings is 1. The van der Waals surface area contributed by atoms with Gasteiger partial charge in [0, 0.05) is 18.5 Å². The van der Waals surface area contributed by atoms with E-state index in [1.807, 2.05) is 51.1 Å². The van der Waals surface area contributed by atoms with Crippen molar-refractivity contribution < 1.29 is 9.21 Å². The third-order valence-corrected chi connectivity index (χ3v) is 3.22. The van der Waals surface area contributed by atoms with E-state index in [9.17, 15) is 4.79 Å². The van der Waals surface area contributed by atoms with Gasteiger partial charge in [0.05, 0.1) is 0 Å². The number of carbonyl (C=O) groups excluding carboxylic acids is 1. The number of hydrogen-bond acceptors (Lipinski definition) is 2. The second-order valence-electron chi connectivity index (χ2n) is 4.82. The monoisotopic (exact) mass is 257 g/mol. The number of carbonyl (C=O) groups is 1. The molecule has 0 saturated carbocycles. The fourth-order valence-electron chi connectivity index (χ4n) is 1.90. The summed E-state index contributed by atoms with van der Waals surface area (Å²) < 4.78 is 5.45. The first-order valence-electron chi connectivity index (χ1n) is 6.47. The summed E-state index contributed by atoms with van der Waals surface area (Å²) in [6.45, 7) is 6.55. The summed E-state index contributed by atoms with van der Waals surface area (Å²) in [5.41, 5.74) is 3.04. The molecule has 0 bridgehead atoms. The molecule has 0 saturated heterocycles. The van der Waals surface area contributed by atoms with Crippen LogP contribution in [0, 0.1) is 20.8 Å². The van der Waals surface area contributed by atoms with Crippen molar-refractivity contribution in [1.29, 1.82) is 0 Å². The van der Waals surface area contributed by atoms with Gasteiger partial charge in [0.25, 0.3) is 5.91 Å². The van der Waals surface area contributed by atoms with Gasteiger partial charge in [0.15, 0.2) is 0 Å². The van der Waals surface area contributed by atoms with Crippen LogP contribution in [0.2, 0.25) is 0 Å². The smallest absolute Gasteiger partial charge is 0.251 e. The van der Waals surface area contributed by atoms with E-state index in [4.69, 9.17) is 4.42 Å². The molecule has 1 aromatic heterocycles. The first-order chi connectivity index (χ1) is 9.06. The summed E-state index contributed by atoms with van der Waals surface area (Å²) >= 11 is 0. The highest BCUT2D eigenvalue weighted by atomic mass is 16.3. The van der Waals surface area contributed by atoms with E-state index >= 15 is 0 Å². The minimum atomic E-state index is -0.0358.